The number of rotatable bonds is 6. The molecule has 9 heteroatoms. The van der Waals surface area contributed by atoms with Gasteiger partial charge in [-0.25, -0.2) is 8.42 Å². The molecule has 0 aromatic heterocycles. The van der Waals surface area contributed by atoms with Gasteiger partial charge in [0, 0.05) is 24.7 Å². The second-order valence-electron chi connectivity index (χ2n) is 5.86. The Morgan fingerprint density at radius 1 is 1.50 bits per heavy atom. The normalized spacial score (nSPS) is 19.6. The predicted molar refractivity (Wildman–Crippen MR) is 89.8 cm³/mol. The number of morpholine rings is 1. The molecule has 0 radical (unpaired) electrons. The molecule has 0 bridgehead atoms. The van der Waals surface area contributed by atoms with Crippen LogP contribution in [0.5, 0.6) is 0 Å². The first kappa shape index (κ1) is 19.1. The summed E-state index contributed by atoms with van der Waals surface area (Å²) < 4.78 is 32.5. The Morgan fingerprint density at radius 2 is 2.21 bits per heavy atom. The maximum atomic E-state index is 12.8. The van der Waals surface area contributed by atoms with Gasteiger partial charge in [0.2, 0.25) is 10.0 Å². The van der Waals surface area contributed by atoms with Gasteiger partial charge in [0.05, 0.1) is 24.2 Å². The van der Waals surface area contributed by atoms with Gasteiger partial charge in [-0.1, -0.05) is 17.7 Å². The van der Waals surface area contributed by atoms with Crippen molar-refractivity contribution in [3.05, 3.63) is 28.8 Å². The van der Waals surface area contributed by atoms with E-state index in [2.05, 4.69) is 0 Å². The number of halogens is 1. The lowest BCUT2D eigenvalue weighted by atomic mass is 10.2. The van der Waals surface area contributed by atoms with Gasteiger partial charge in [-0.15, -0.1) is 0 Å². The smallest absolute Gasteiger partial charge is 0.317 e. The predicted octanol–water partition coefficient (Wildman–Crippen LogP) is 1.05. The van der Waals surface area contributed by atoms with E-state index >= 15 is 0 Å². The van der Waals surface area contributed by atoms with Crippen LogP contribution in [-0.4, -0.2) is 74.6 Å². The van der Waals surface area contributed by atoms with E-state index in [9.17, 15) is 13.2 Å². The Labute approximate surface area is 146 Å². The van der Waals surface area contributed by atoms with Crippen molar-refractivity contribution in [2.75, 3.05) is 39.8 Å². The van der Waals surface area contributed by atoms with E-state index in [0.717, 1.165) is 5.56 Å². The first-order chi connectivity index (χ1) is 11.2. The van der Waals surface area contributed by atoms with Crippen LogP contribution in [0.15, 0.2) is 23.1 Å². The monoisotopic (exact) mass is 376 g/mol. The van der Waals surface area contributed by atoms with E-state index in [-0.39, 0.29) is 37.2 Å². The number of hydrogen-bond acceptors (Lipinski definition) is 5. The lowest BCUT2D eigenvalue weighted by molar-refractivity contribution is -0.138. The van der Waals surface area contributed by atoms with Crippen LogP contribution in [0.25, 0.3) is 0 Å². The largest absolute Gasteiger partial charge is 0.480 e. The third-order valence-corrected chi connectivity index (χ3v) is 6.07. The number of likely N-dealkylation sites (N-methyl/N-ethyl adjacent to an activating group) is 1. The Hall–Kier alpha value is -1.19. The van der Waals surface area contributed by atoms with Crippen LogP contribution in [-0.2, 0) is 19.6 Å². The van der Waals surface area contributed by atoms with E-state index in [1.165, 1.54) is 16.4 Å². The second kappa shape index (κ2) is 7.79. The average molecular weight is 377 g/mol. The summed E-state index contributed by atoms with van der Waals surface area (Å²) in [6.45, 7) is 2.73. The van der Waals surface area contributed by atoms with Crippen molar-refractivity contribution in [2.24, 2.45) is 0 Å². The number of benzene rings is 1. The van der Waals surface area contributed by atoms with E-state index in [0.29, 0.717) is 11.6 Å². The van der Waals surface area contributed by atoms with Gasteiger partial charge in [-0.2, -0.15) is 4.31 Å². The first-order valence-corrected chi connectivity index (χ1v) is 9.30. The molecule has 1 saturated heterocycles. The van der Waals surface area contributed by atoms with Crippen molar-refractivity contribution in [1.82, 2.24) is 9.21 Å². The Balaban J connectivity index is 2.10. The molecule has 1 heterocycles. The van der Waals surface area contributed by atoms with Gasteiger partial charge in [-0.05, 0) is 31.7 Å². The molecule has 7 nitrogen and oxygen atoms in total. The van der Waals surface area contributed by atoms with Crippen LogP contribution in [0.2, 0.25) is 5.02 Å². The topological polar surface area (TPSA) is 87.2 Å². The standard InChI is InChI=1S/C15H21ClN2O5S/c1-11-3-4-13(7-14(11)16)24(21,22)18-5-6-23-12(9-18)8-17(2)10-15(19)20/h3-4,7,12H,5-6,8-10H2,1-2H3,(H,19,20). The third kappa shape index (κ3) is 4.67. The summed E-state index contributed by atoms with van der Waals surface area (Å²) in [5, 5.41) is 9.20. The number of carboxylic acid groups (broad SMARTS) is 1. The number of nitrogens with zero attached hydrogens (tertiary/aromatic N) is 2. The quantitative estimate of drug-likeness (QED) is 0.798. The highest BCUT2D eigenvalue weighted by Gasteiger charge is 2.31. The van der Waals surface area contributed by atoms with E-state index in [1.54, 1.807) is 18.0 Å². The van der Waals surface area contributed by atoms with Crippen molar-refractivity contribution in [2.45, 2.75) is 17.9 Å². The molecule has 1 fully saturated rings. The molecule has 1 unspecified atom stereocenters. The number of sulfonamides is 1. The lowest BCUT2D eigenvalue weighted by Gasteiger charge is -2.33. The zero-order valence-electron chi connectivity index (χ0n) is 13.6. The van der Waals surface area contributed by atoms with Gasteiger partial charge in [-0.3, -0.25) is 9.69 Å². The molecule has 1 aliphatic heterocycles. The fourth-order valence-electron chi connectivity index (χ4n) is 2.55. The molecule has 0 saturated carbocycles. The fourth-order valence-corrected chi connectivity index (χ4v) is 4.27. The van der Waals surface area contributed by atoms with E-state index in [1.807, 2.05) is 6.92 Å². The number of carboxylic acids is 1. The molecule has 1 N–H and O–H groups in total. The van der Waals surface area contributed by atoms with Crippen LogP contribution in [0.3, 0.4) is 0 Å². The maximum Gasteiger partial charge on any atom is 0.317 e. The summed E-state index contributed by atoms with van der Waals surface area (Å²) in [6.07, 6.45) is -0.376. The third-order valence-electron chi connectivity index (χ3n) is 3.80. The number of ether oxygens (including phenoxy) is 1. The van der Waals surface area contributed by atoms with Gasteiger partial charge in [0.25, 0.3) is 0 Å². The molecule has 0 aliphatic carbocycles. The minimum atomic E-state index is -3.66. The summed E-state index contributed by atoms with van der Waals surface area (Å²) in [5.41, 5.74) is 0.811. The number of carbonyl (C=O) groups is 1. The van der Waals surface area contributed by atoms with Gasteiger partial charge < -0.3 is 9.84 Å². The Morgan fingerprint density at radius 3 is 2.83 bits per heavy atom. The summed E-state index contributed by atoms with van der Waals surface area (Å²) >= 11 is 6.03. The Kier molecular flexibility index (Phi) is 6.22. The van der Waals surface area contributed by atoms with Crippen LogP contribution in [0.1, 0.15) is 5.56 Å². The molecule has 2 rings (SSSR count). The van der Waals surface area contributed by atoms with Gasteiger partial charge in [0.1, 0.15) is 0 Å². The van der Waals surface area contributed by atoms with Crippen LogP contribution in [0, 0.1) is 6.92 Å². The fraction of sp³-hybridized carbons (Fsp3) is 0.533. The molecule has 0 amide bonds. The van der Waals surface area contributed by atoms with Crippen LogP contribution < -0.4 is 0 Å². The summed E-state index contributed by atoms with van der Waals surface area (Å²) in [4.78, 5) is 12.5. The molecule has 134 valence electrons. The highest BCUT2D eigenvalue weighted by atomic mass is 35.5. The molecule has 0 spiro atoms. The summed E-state index contributed by atoms with van der Waals surface area (Å²) in [7, 11) is -2.00. The Bertz CT molecular complexity index is 710. The van der Waals surface area contributed by atoms with Crippen LogP contribution >= 0.6 is 11.6 Å². The first-order valence-electron chi connectivity index (χ1n) is 7.48. The van der Waals surface area contributed by atoms with Crippen molar-refractivity contribution in [3.63, 3.8) is 0 Å². The zero-order valence-corrected chi connectivity index (χ0v) is 15.2. The van der Waals surface area contributed by atoms with E-state index in [4.69, 9.17) is 21.4 Å². The summed E-state index contributed by atoms with van der Waals surface area (Å²) in [5.74, 6) is -0.938. The zero-order chi connectivity index (χ0) is 17.9. The van der Waals surface area contributed by atoms with Crippen LogP contribution in [0.4, 0.5) is 0 Å². The molecule has 1 aromatic carbocycles. The van der Waals surface area contributed by atoms with E-state index < -0.39 is 16.0 Å². The summed E-state index contributed by atoms with van der Waals surface area (Å²) in [6, 6.07) is 4.67. The molecule has 24 heavy (non-hydrogen) atoms. The number of aryl methyl sites for hydroxylation is 1. The number of aliphatic carboxylic acids is 1. The molecular weight excluding hydrogens is 356 g/mol. The molecular formula is C15H21ClN2O5S. The van der Waals surface area contributed by atoms with Crippen molar-refractivity contribution in [3.8, 4) is 0 Å². The highest BCUT2D eigenvalue weighted by molar-refractivity contribution is 7.89. The highest BCUT2D eigenvalue weighted by Crippen LogP contribution is 2.24. The van der Waals surface area contributed by atoms with Gasteiger partial charge in [0.15, 0.2) is 0 Å². The van der Waals surface area contributed by atoms with Crippen molar-refractivity contribution in [1.29, 1.82) is 0 Å². The lowest BCUT2D eigenvalue weighted by Crippen LogP contribution is -2.49. The average Bonchev–Trinajstić information content (AvgIpc) is 2.49. The van der Waals surface area contributed by atoms with Crippen molar-refractivity contribution >= 4 is 27.6 Å². The minimum absolute atomic E-state index is 0.125. The number of hydrogen-bond donors (Lipinski definition) is 1. The molecule has 1 aromatic rings. The minimum Gasteiger partial charge on any atom is -0.480 e. The second-order valence-corrected chi connectivity index (χ2v) is 8.20. The maximum absolute atomic E-state index is 12.8. The SMILES string of the molecule is Cc1ccc(S(=O)(=O)N2CCOC(CN(C)CC(=O)O)C2)cc1Cl. The molecule has 1 atom stereocenters. The van der Waals surface area contributed by atoms with Gasteiger partial charge >= 0.3 is 5.97 Å². The van der Waals surface area contributed by atoms with Crippen molar-refractivity contribution < 1.29 is 23.1 Å². The molecule has 1 aliphatic rings.